The summed E-state index contributed by atoms with van der Waals surface area (Å²) in [6.45, 7) is 4.71. The van der Waals surface area contributed by atoms with E-state index in [2.05, 4.69) is 54.0 Å². The van der Waals surface area contributed by atoms with Crippen molar-refractivity contribution in [3.8, 4) is 0 Å². The highest BCUT2D eigenvalue weighted by atomic mass is 79.9. The molecule has 1 aromatic rings. The minimum absolute atomic E-state index is 0.0172. The van der Waals surface area contributed by atoms with Gasteiger partial charge in [0.2, 0.25) is 0 Å². The zero-order valence-electron chi connectivity index (χ0n) is 10.8. The van der Waals surface area contributed by atoms with Crippen LogP contribution in [0.5, 0.6) is 0 Å². The molecule has 94 valence electrons. The SMILES string of the molecule is CC1(C)CCC(N)(Cc2ccc(Br)cc2)CC1. The van der Waals surface area contributed by atoms with E-state index < -0.39 is 0 Å². The van der Waals surface area contributed by atoms with Gasteiger partial charge >= 0.3 is 0 Å². The molecule has 17 heavy (non-hydrogen) atoms. The first-order chi connectivity index (χ1) is 7.89. The third kappa shape index (κ3) is 3.56. The van der Waals surface area contributed by atoms with E-state index >= 15 is 0 Å². The van der Waals surface area contributed by atoms with Gasteiger partial charge in [-0.2, -0.15) is 0 Å². The molecular formula is C15H22BrN. The number of rotatable bonds is 2. The van der Waals surface area contributed by atoms with E-state index in [1.54, 1.807) is 0 Å². The molecule has 1 aliphatic rings. The van der Waals surface area contributed by atoms with Gasteiger partial charge in [0.15, 0.2) is 0 Å². The van der Waals surface area contributed by atoms with Gasteiger partial charge in [0.05, 0.1) is 0 Å². The topological polar surface area (TPSA) is 26.0 Å². The molecule has 1 aromatic carbocycles. The molecule has 2 N–H and O–H groups in total. The van der Waals surface area contributed by atoms with Crippen molar-refractivity contribution < 1.29 is 0 Å². The highest BCUT2D eigenvalue weighted by Crippen LogP contribution is 2.40. The first-order valence-corrected chi connectivity index (χ1v) is 7.21. The van der Waals surface area contributed by atoms with Crippen molar-refractivity contribution in [3.63, 3.8) is 0 Å². The molecule has 0 saturated heterocycles. The normalized spacial score (nSPS) is 22.4. The van der Waals surface area contributed by atoms with Crippen molar-refractivity contribution in [1.82, 2.24) is 0 Å². The fourth-order valence-corrected chi connectivity index (χ4v) is 2.87. The smallest absolute Gasteiger partial charge is 0.0195 e. The molecule has 0 atom stereocenters. The lowest BCUT2D eigenvalue weighted by atomic mass is 9.68. The summed E-state index contributed by atoms with van der Waals surface area (Å²) in [5, 5.41) is 0. The van der Waals surface area contributed by atoms with Gasteiger partial charge in [-0.25, -0.2) is 0 Å². The minimum Gasteiger partial charge on any atom is -0.325 e. The third-order valence-electron chi connectivity index (χ3n) is 4.07. The van der Waals surface area contributed by atoms with E-state index in [0.29, 0.717) is 5.41 Å². The van der Waals surface area contributed by atoms with Crippen molar-refractivity contribution >= 4 is 15.9 Å². The second-order valence-electron chi connectivity index (χ2n) is 6.33. The van der Waals surface area contributed by atoms with Gasteiger partial charge < -0.3 is 5.73 Å². The maximum atomic E-state index is 6.54. The van der Waals surface area contributed by atoms with Crippen LogP contribution >= 0.6 is 15.9 Å². The molecule has 2 rings (SSSR count). The van der Waals surface area contributed by atoms with Crippen LogP contribution in [0.3, 0.4) is 0 Å². The predicted molar refractivity (Wildman–Crippen MR) is 77.0 cm³/mol. The first-order valence-electron chi connectivity index (χ1n) is 6.42. The Morgan fingerprint density at radius 3 is 2.12 bits per heavy atom. The Labute approximate surface area is 113 Å². The van der Waals surface area contributed by atoms with Crippen LogP contribution in [-0.2, 0) is 6.42 Å². The number of hydrogen-bond donors (Lipinski definition) is 1. The van der Waals surface area contributed by atoms with Crippen LogP contribution in [0.1, 0.15) is 45.1 Å². The van der Waals surface area contributed by atoms with Gasteiger partial charge in [-0.1, -0.05) is 41.9 Å². The van der Waals surface area contributed by atoms with Crippen molar-refractivity contribution in [1.29, 1.82) is 0 Å². The lowest BCUT2D eigenvalue weighted by Gasteiger charge is -2.41. The van der Waals surface area contributed by atoms with Crippen LogP contribution in [0.2, 0.25) is 0 Å². The number of halogens is 1. The maximum Gasteiger partial charge on any atom is 0.0195 e. The molecule has 1 fully saturated rings. The summed E-state index contributed by atoms with van der Waals surface area (Å²) in [7, 11) is 0. The predicted octanol–water partition coefficient (Wildman–Crippen LogP) is 4.29. The largest absolute Gasteiger partial charge is 0.325 e. The van der Waals surface area contributed by atoms with E-state index in [1.807, 2.05) is 0 Å². The van der Waals surface area contributed by atoms with Crippen molar-refractivity contribution in [2.75, 3.05) is 0 Å². The molecule has 0 heterocycles. The Morgan fingerprint density at radius 2 is 1.59 bits per heavy atom. The van der Waals surface area contributed by atoms with Gasteiger partial charge in [-0.3, -0.25) is 0 Å². The fraction of sp³-hybridized carbons (Fsp3) is 0.600. The Kier molecular flexibility index (Phi) is 3.65. The molecule has 0 amide bonds. The van der Waals surface area contributed by atoms with Crippen LogP contribution < -0.4 is 5.73 Å². The van der Waals surface area contributed by atoms with Gasteiger partial charge in [-0.15, -0.1) is 0 Å². The van der Waals surface area contributed by atoms with Gasteiger partial charge in [0, 0.05) is 10.0 Å². The number of nitrogens with two attached hydrogens (primary N) is 1. The summed E-state index contributed by atoms with van der Waals surface area (Å²) in [6, 6.07) is 8.56. The molecule has 1 aliphatic carbocycles. The molecule has 0 spiro atoms. The molecule has 2 heteroatoms. The quantitative estimate of drug-likeness (QED) is 0.865. The Morgan fingerprint density at radius 1 is 1.06 bits per heavy atom. The second-order valence-corrected chi connectivity index (χ2v) is 7.25. The maximum absolute atomic E-state index is 6.54. The highest BCUT2D eigenvalue weighted by molar-refractivity contribution is 9.10. The summed E-state index contributed by atoms with van der Waals surface area (Å²) >= 11 is 3.47. The van der Waals surface area contributed by atoms with E-state index in [9.17, 15) is 0 Å². The fourth-order valence-electron chi connectivity index (χ4n) is 2.61. The van der Waals surface area contributed by atoms with E-state index in [1.165, 1.54) is 18.4 Å². The second kappa shape index (κ2) is 4.74. The Hall–Kier alpha value is -0.340. The molecule has 1 saturated carbocycles. The molecule has 0 bridgehead atoms. The van der Waals surface area contributed by atoms with Crippen LogP contribution in [0, 0.1) is 5.41 Å². The summed E-state index contributed by atoms with van der Waals surface area (Å²) in [5.41, 5.74) is 8.40. The summed E-state index contributed by atoms with van der Waals surface area (Å²) in [6.07, 6.45) is 5.81. The third-order valence-corrected chi connectivity index (χ3v) is 4.60. The van der Waals surface area contributed by atoms with Crippen molar-refractivity contribution in [3.05, 3.63) is 34.3 Å². The first kappa shape index (κ1) is 13.1. The molecule has 0 aromatic heterocycles. The summed E-state index contributed by atoms with van der Waals surface area (Å²) < 4.78 is 1.14. The Balaban J connectivity index is 2.01. The van der Waals surface area contributed by atoms with Crippen LogP contribution in [-0.4, -0.2) is 5.54 Å². The molecule has 0 unspecified atom stereocenters. The molecule has 0 radical (unpaired) electrons. The number of benzene rings is 1. The summed E-state index contributed by atoms with van der Waals surface area (Å²) in [5.74, 6) is 0. The van der Waals surface area contributed by atoms with E-state index in [0.717, 1.165) is 23.7 Å². The van der Waals surface area contributed by atoms with Crippen molar-refractivity contribution in [2.24, 2.45) is 11.1 Å². The van der Waals surface area contributed by atoms with Gasteiger partial charge in [-0.05, 0) is 55.2 Å². The average Bonchev–Trinajstić information content (AvgIpc) is 2.27. The monoisotopic (exact) mass is 295 g/mol. The standard InChI is InChI=1S/C15H22BrN/c1-14(2)7-9-15(17,10-8-14)11-12-3-5-13(16)6-4-12/h3-6H,7-11,17H2,1-2H3. The average molecular weight is 296 g/mol. The zero-order chi connectivity index (χ0) is 12.5. The Bertz CT molecular complexity index is 370. The van der Waals surface area contributed by atoms with Crippen LogP contribution in [0.15, 0.2) is 28.7 Å². The minimum atomic E-state index is 0.0172. The van der Waals surface area contributed by atoms with E-state index in [-0.39, 0.29) is 5.54 Å². The van der Waals surface area contributed by atoms with Gasteiger partial charge in [0.1, 0.15) is 0 Å². The van der Waals surface area contributed by atoms with Crippen LogP contribution in [0.25, 0.3) is 0 Å². The lowest BCUT2D eigenvalue weighted by molar-refractivity contribution is 0.164. The molecule has 0 aliphatic heterocycles. The van der Waals surface area contributed by atoms with Crippen LogP contribution in [0.4, 0.5) is 0 Å². The molecular weight excluding hydrogens is 274 g/mol. The lowest BCUT2D eigenvalue weighted by Crippen LogP contribution is -2.46. The summed E-state index contributed by atoms with van der Waals surface area (Å²) in [4.78, 5) is 0. The molecule has 1 nitrogen and oxygen atoms in total. The van der Waals surface area contributed by atoms with Gasteiger partial charge in [0.25, 0.3) is 0 Å². The van der Waals surface area contributed by atoms with Crippen molar-refractivity contribution in [2.45, 2.75) is 51.5 Å². The van der Waals surface area contributed by atoms with E-state index in [4.69, 9.17) is 5.73 Å². The number of hydrogen-bond acceptors (Lipinski definition) is 1. The highest BCUT2D eigenvalue weighted by Gasteiger charge is 2.35. The zero-order valence-corrected chi connectivity index (χ0v) is 12.4.